The van der Waals surface area contributed by atoms with Gasteiger partial charge in [-0.05, 0) is 19.1 Å². The van der Waals surface area contributed by atoms with E-state index < -0.39 is 0 Å². The normalized spacial score (nSPS) is 15.5. The molecule has 0 aliphatic carbocycles. The van der Waals surface area contributed by atoms with Crippen LogP contribution in [0.4, 0.5) is 11.8 Å². The van der Waals surface area contributed by atoms with Gasteiger partial charge < -0.3 is 14.8 Å². The third-order valence-electron chi connectivity index (χ3n) is 3.98. The largest absolute Gasteiger partial charge is 0.352 e. The van der Waals surface area contributed by atoms with Crippen molar-refractivity contribution in [2.75, 3.05) is 36.0 Å². The van der Waals surface area contributed by atoms with Crippen molar-refractivity contribution in [3.05, 3.63) is 36.5 Å². The summed E-state index contributed by atoms with van der Waals surface area (Å²) in [4.78, 5) is 25.2. The molecule has 4 rings (SSSR count). The van der Waals surface area contributed by atoms with E-state index in [4.69, 9.17) is 0 Å². The van der Waals surface area contributed by atoms with Crippen molar-refractivity contribution in [2.45, 2.75) is 6.92 Å². The first-order chi connectivity index (χ1) is 10.8. The summed E-state index contributed by atoms with van der Waals surface area (Å²) in [6.45, 7) is 5.56. The number of piperazine rings is 1. The Bertz CT molecular complexity index is 789. The van der Waals surface area contributed by atoms with Crippen molar-refractivity contribution in [2.24, 2.45) is 0 Å². The highest BCUT2D eigenvalue weighted by molar-refractivity contribution is 5.87. The fourth-order valence-electron chi connectivity index (χ4n) is 2.82. The Kier molecular flexibility index (Phi) is 3.10. The van der Waals surface area contributed by atoms with Gasteiger partial charge in [-0.2, -0.15) is 0 Å². The summed E-state index contributed by atoms with van der Waals surface area (Å²) in [6, 6.07) is 3.95. The van der Waals surface area contributed by atoms with Gasteiger partial charge in [0, 0.05) is 44.3 Å². The standard InChI is InChI=1S/C15H17N7/c1-11-2-4-17-15(20-11)22-8-6-21(7-9-22)14-12-3-5-16-13(12)18-10-19-14/h2-5,10H,6-9H2,1H3,(H,16,18,19). The Hall–Kier alpha value is -2.70. The molecule has 0 atom stereocenters. The van der Waals surface area contributed by atoms with Crippen LogP contribution in [0, 0.1) is 6.92 Å². The molecular formula is C15H17N7. The van der Waals surface area contributed by atoms with E-state index in [1.807, 2.05) is 31.5 Å². The monoisotopic (exact) mass is 295 g/mol. The van der Waals surface area contributed by atoms with Gasteiger partial charge in [0.25, 0.3) is 0 Å². The highest BCUT2D eigenvalue weighted by Crippen LogP contribution is 2.23. The van der Waals surface area contributed by atoms with Crippen LogP contribution in [0.15, 0.2) is 30.9 Å². The zero-order chi connectivity index (χ0) is 14.9. The first-order valence-corrected chi connectivity index (χ1v) is 7.39. The molecule has 22 heavy (non-hydrogen) atoms. The Morgan fingerprint density at radius 3 is 2.64 bits per heavy atom. The molecule has 1 aliphatic heterocycles. The van der Waals surface area contributed by atoms with E-state index in [0.29, 0.717) is 0 Å². The summed E-state index contributed by atoms with van der Waals surface area (Å²) in [5.41, 5.74) is 1.88. The number of nitrogens with one attached hydrogen (secondary N) is 1. The van der Waals surface area contributed by atoms with Crippen LogP contribution >= 0.6 is 0 Å². The molecule has 1 saturated heterocycles. The Morgan fingerprint density at radius 2 is 1.82 bits per heavy atom. The molecule has 3 aromatic heterocycles. The summed E-state index contributed by atoms with van der Waals surface area (Å²) in [6.07, 6.45) is 5.34. The second-order valence-electron chi connectivity index (χ2n) is 5.41. The van der Waals surface area contributed by atoms with Crippen LogP contribution in [0.2, 0.25) is 0 Å². The van der Waals surface area contributed by atoms with E-state index in [1.54, 1.807) is 6.33 Å². The van der Waals surface area contributed by atoms with Crippen molar-refractivity contribution < 1.29 is 0 Å². The van der Waals surface area contributed by atoms with Crippen LogP contribution in [0.5, 0.6) is 0 Å². The number of aryl methyl sites for hydroxylation is 1. The van der Waals surface area contributed by atoms with Crippen LogP contribution in [-0.4, -0.2) is 51.1 Å². The van der Waals surface area contributed by atoms with Gasteiger partial charge in [0.05, 0.1) is 5.39 Å². The minimum Gasteiger partial charge on any atom is -0.352 e. The number of anilines is 2. The molecule has 1 N–H and O–H groups in total. The molecule has 0 radical (unpaired) electrons. The summed E-state index contributed by atoms with van der Waals surface area (Å²) in [7, 11) is 0. The Morgan fingerprint density at radius 1 is 1.00 bits per heavy atom. The molecule has 0 saturated carbocycles. The number of fused-ring (bicyclic) bond motifs is 1. The lowest BCUT2D eigenvalue weighted by Crippen LogP contribution is -2.47. The van der Waals surface area contributed by atoms with Gasteiger partial charge in [-0.3, -0.25) is 0 Å². The van der Waals surface area contributed by atoms with Gasteiger partial charge in [0.15, 0.2) is 0 Å². The molecule has 7 nitrogen and oxygen atoms in total. The number of nitrogens with zero attached hydrogens (tertiary/aromatic N) is 6. The third-order valence-corrected chi connectivity index (χ3v) is 3.98. The fourth-order valence-corrected chi connectivity index (χ4v) is 2.82. The van der Waals surface area contributed by atoms with E-state index in [1.165, 1.54) is 0 Å². The van der Waals surface area contributed by atoms with Crippen molar-refractivity contribution in [3.63, 3.8) is 0 Å². The van der Waals surface area contributed by atoms with Crippen LogP contribution in [0.1, 0.15) is 5.69 Å². The molecule has 4 heterocycles. The molecule has 7 heteroatoms. The molecule has 0 amide bonds. The lowest BCUT2D eigenvalue weighted by atomic mass is 10.3. The molecule has 0 bridgehead atoms. The molecular weight excluding hydrogens is 278 g/mol. The summed E-state index contributed by atoms with van der Waals surface area (Å²) >= 11 is 0. The van der Waals surface area contributed by atoms with Gasteiger partial charge in [0.2, 0.25) is 5.95 Å². The molecule has 112 valence electrons. The molecule has 0 spiro atoms. The second kappa shape index (κ2) is 5.25. The number of hydrogen-bond acceptors (Lipinski definition) is 6. The van der Waals surface area contributed by atoms with E-state index in [0.717, 1.165) is 54.7 Å². The van der Waals surface area contributed by atoms with Crippen LogP contribution in [0.25, 0.3) is 11.0 Å². The van der Waals surface area contributed by atoms with Crippen molar-refractivity contribution in [1.82, 2.24) is 24.9 Å². The SMILES string of the molecule is Cc1ccnc(N2CCN(c3ncnc4[nH]ccc34)CC2)n1. The average Bonchev–Trinajstić information content (AvgIpc) is 3.04. The maximum atomic E-state index is 4.50. The van der Waals surface area contributed by atoms with Crippen LogP contribution in [0.3, 0.4) is 0 Å². The van der Waals surface area contributed by atoms with E-state index in [2.05, 4.69) is 34.7 Å². The highest BCUT2D eigenvalue weighted by Gasteiger charge is 2.21. The lowest BCUT2D eigenvalue weighted by Gasteiger charge is -2.35. The van der Waals surface area contributed by atoms with Gasteiger partial charge in [-0.1, -0.05) is 0 Å². The van der Waals surface area contributed by atoms with Crippen molar-refractivity contribution in [1.29, 1.82) is 0 Å². The minimum atomic E-state index is 0.814. The predicted molar refractivity (Wildman–Crippen MR) is 85.1 cm³/mol. The van der Waals surface area contributed by atoms with Crippen molar-refractivity contribution >= 4 is 22.8 Å². The molecule has 1 fully saturated rings. The molecule has 3 aromatic rings. The number of rotatable bonds is 2. The third kappa shape index (κ3) is 2.24. The van der Waals surface area contributed by atoms with E-state index >= 15 is 0 Å². The summed E-state index contributed by atoms with van der Waals surface area (Å²) in [5, 5.41) is 1.07. The van der Waals surface area contributed by atoms with Gasteiger partial charge in [0.1, 0.15) is 17.8 Å². The number of aromatic amines is 1. The maximum Gasteiger partial charge on any atom is 0.225 e. The fraction of sp³-hybridized carbons (Fsp3) is 0.333. The van der Waals surface area contributed by atoms with Gasteiger partial charge in [-0.25, -0.2) is 19.9 Å². The number of H-pyrrole nitrogens is 1. The minimum absolute atomic E-state index is 0.814. The second-order valence-corrected chi connectivity index (χ2v) is 5.41. The molecule has 0 unspecified atom stereocenters. The zero-order valence-electron chi connectivity index (χ0n) is 12.4. The highest BCUT2D eigenvalue weighted by atomic mass is 15.3. The zero-order valence-corrected chi connectivity index (χ0v) is 12.4. The summed E-state index contributed by atoms with van der Waals surface area (Å²) < 4.78 is 0. The number of aromatic nitrogens is 5. The summed E-state index contributed by atoms with van der Waals surface area (Å²) in [5.74, 6) is 1.81. The van der Waals surface area contributed by atoms with Crippen molar-refractivity contribution in [3.8, 4) is 0 Å². The van der Waals surface area contributed by atoms with Crippen LogP contribution < -0.4 is 9.80 Å². The Labute approximate surface area is 128 Å². The van der Waals surface area contributed by atoms with Crippen LogP contribution in [-0.2, 0) is 0 Å². The van der Waals surface area contributed by atoms with E-state index in [-0.39, 0.29) is 0 Å². The van der Waals surface area contributed by atoms with Gasteiger partial charge >= 0.3 is 0 Å². The molecule has 1 aliphatic rings. The molecule has 0 aromatic carbocycles. The maximum absolute atomic E-state index is 4.50. The topological polar surface area (TPSA) is 73.8 Å². The number of hydrogen-bond donors (Lipinski definition) is 1. The Balaban J connectivity index is 1.53. The average molecular weight is 295 g/mol. The predicted octanol–water partition coefficient (Wildman–Crippen LogP) is 1.38. The van der Waals surface area contributed by atoms with Gasteiger partial charge in [-0.15, -0.1) is 0 Å². The van der Waals surface area contributed by atoms with E-state index in [9.17, 15) is 0 Å². The smallest absolute Gasteiger partial charge is 0.225 e. The lowest BCUT2D eigenvalue weighted by molar-refractivity contribution is 0.635. The first kappa shape index (κ1) is 13.0. The first-order valence-electron chi connectivity index (χ1n) is 7.39. The quantitative estimate of drug-likeness (QED) is 0.770.